The van der Waals surface area contributed by atoms with E-state index in [1.165, 1.54) is 10.6 Å². The summed E-state index contributed by atoms with van der Waals surface area (Å²) < 4.78 is 24.0. The monoisotopic (exact) mass is 209 g/mol. The molecule has 1 aliphatic heterocycles. The Balaban J connectivity index is 2.86. The summed E-state index contributed by atoms with van der Waals surface area (Å²) in [5, 5.41) is 0.166. The molecule has 1 aliphatic rings. The third-order valence-corrected chi connectivity index (χ3v) is 4.70. The summed E-state index contributed by atoms with van der Waals surface area (Å²) in [7, 11) is -3.03. The smallest absolute Gasteiger partial charge is 0.211 e. The minimum Gasteiger partial charge on any atom is -0.212 e. The van der Waals surface area contributed by atoms with Crippen LogP contribution in [0.1, 0.15) is 13.8 Å². The lowest BCUT2D eigenvalue weighted by atomic mass is 10.1. The lowest BCUT2D eigenvalue weighted by Gasteiger charge is -2.19. The van der Waals surface area contributed by atoms with Crippen molar-refractivity contribution in [2.24, 2.45) is 5.92 Å². The van der Waals surface area contributed by atoms with Crippen LogP contribution in [0.4, 0.5) is 0 Å². The third kappa shape index (κ3) is 1.78. The van der Waals surface area contributed by atoms with Gasteiger partial charge in [0.05, 0.1) is 6.26 Å². The lowest BCUT2D eigenvalue weighted by molar-refractivity contribution is 0.411. The first kappa shape index (κ1) is 10.3. The summed E-state index contributed by atoms with van der Waals surface area (Å²) >= 11 is 4.37. The highest BCUT2D eigenvalue weighted by Crippen LogP contribution is 2.29. The SMILES string of the molecule is CC1CN(S(C)(=O)=O)C(C)C1S. The molecular weight excluding hydrogens is 194 g/mol. The van der Waals surface area contributed by atoms with Gasteiger partial charge in [0, 0.05) is 17.8 Å². The van der Waals surface area contributed by atoms with E-state index in [-0.39, 0.29) is 11.3 Å². The second-order valence-corrected chi connectivity index (χ2v) is 6.07. The van der Waals surface area contributed by atoms with E-state index >= 15 is 0 Å². The molecule has 0 aromatic rings. The molecule has 0 spiro atoms. The van der Waals surface area contributed by atoms with Crippen molar-refractivity contribution in [2.75, 3.05) is 12.8 Å². The van der Waals surface area contributed by atoms with Crippen molar-refractivity contribution in [2.45, 2.75) is 25.1 Å². The van der Waals surface area contributed by atoms with Gasteiger partial charge in [0.15, 0.2) is 0 Å². The van der Waals surface area contributed by atoms with E-state index in [4.69, 9.17) is 0 Å². The molecule has 0 bridgehead atoms. The Morgan fingerprint density at radius 3 is 2.08 bits per heavy atom. The van der Waals surface area contributed by atoms with E-state index in [1.54, 1.807) is 0 Å². The normalized spacial score (nSPS) is 38.8. The second kappa shape index (κ2) is 3.20. The maximum atomic E-state index is 11.2. The van der Waals surface area contributed by atoms with E-state index in [0.29, 0.717) is 12.5 Å². The lowest BCUT2D eigenvalue weighted by Crippen LogP contribution is -2.35. The van der Waals surface area contributed by atoms with Crippen LogP contribution in [0.2, 0.25) is 0 Å². The maximum Gasteiger partial charge on any atom is 0.211 e. The Bertz CT molecular complexity index is 263. The van der Waals surface area contributed by atoms with E-state index in [1.807, 2.05) is 13.8 Å². The number of hydrogen-bond acceptors (Lipinski definition) is 3. The largest absolute Gasteiger partial charge is 0.212 e. The fraction of sp³-hybridized carbons (Fsp3) is 1.00. The zero-order chi connectivity index (χ0) is 9.52. The van der Waals surface area contributed by atoms with Crippen molar-refractivity contribution < 1.29 is 8.42 Å². The first-order valence-electron chi connectivity index (χ1n) is 3.99. The molecule has 1 saturated heterocycles. The van der Waals surface area contributed by atoms with E-state index < -0.39 is 10.0 Å². The molecule has 3 nitrogen and oxygen atoms in total. The van der Waals surface area contributed by atoms with Crippen LogP contribution in [-0.4, -0.2) is 36.8 Å². The topological polar surface area (TPSA) is 37.4 Å². The summed E-state index contributed by atoms with van der Waals surface area (Å²) in [4.78, 5) is 0. The number of sulfonamides is 1. The summed E-state index contributed by atoms with van der Waals surface area (Å²) in [6.45, 7) is 4.54. The Morgan fingerprint density at radius 1 is 1.42 bits per heavy atom. The van der Waals surface area contributed by atoms with Gasteiger partial charge in [0.2, 0.25) is 10.0 Å². The quantitative estimate of drug-likeness (QED) is 0.642. The van der Waals surface area contributed by atoms with Crippen LogP contribution in [0.25, 0.3) is 0 Å². The van der Waals surface area contributed by atoms with Crippen LogP contribution in [0.5, 0.6) is 0 Å². The summed E-state index contributed by atoms with van der Waals surface area (Å²) in [6, 6.07) is 0.0262. The van der Waals surface area contributed by atoms with Crippen molar-refractivity contribution in [3.63, 3.8) is 0 Å². The number of rotatable bonds is 1. The number of nitrogens with zero attached hydrogens (tertiary/aromatic N) is 1. The Hall–Kier alpha value is 0.260. The van der Waals surface area contributed by atoms with Gasteiger partial charge in [-0.15, -0.1) is 0 Å². The number of thiol groups is 1. The molecule has 12 heavy (non-hydrogen) atoms. The van der Waals surface area contributed by atoms with E-state index in [9.17, 15) is 8.42 Å². The van der Waals surface area contributed by atoms with Crippen molar-refractivity contribution in [3.8, 4) is 0 Å². The summed E-state index contributed by atoms with van der Waals surface area (Å²) in [5.74, 6) is 0.345. The predicted octanol–water partition coefficient (Wildman–Crippen LogP) is 0.585. The Kier molecular flexibility index (Phi) is 2.75. The molecule has 5 heteroatoms. The molecule has 0 aliphatic carbocycles. The van der Waals surface area contributed by atoms with Crippen LogP contribution in [-0.2, 0) is 10.0 Å². The van der Waals surface area contributed by atoms with Crippen LogP contribution in [0.3, 0.4) is 0 Å². The highest BCUT2D eigenvalue weighted by atomic mass is 32.2. The molecule has 0 radical (unpaired) electrons. The molecule has 1 rings (SSSR count). The van der Waals surface area contributed by atoms with Crippen molar-refractivity contribution >= 4 is 22.7 Å². The standard InChI is InChI=1S/C7H15NO2S2/c1-5-4-8(12(3,9)10)6(2)7(5)11/h5-7,11H,4H2,1-3H3. The molecule has 1 fully saturated rings. The molecule has 0 aromatic carbocycles. The molecule has 0 aromatic heterocycles. The summed E-state index contributed by atoms with van der Waals surface area (Å²) in [5.41, 5.74) is 0. The van der Waals surface area contributed by atoms with Gasteiger partial charge in [-0.1, -0.05) is 6.92 Å². The second-order valence-electron chi connectivity index (χ2n) is 3.54. The van der Waals surface area contributed by atoms with Crippen LogP contribution < -0.4 is 0 Å². The van der Waals surface area contributed by atoms with Crippen molar-refractivity contribution in [1.82, 2.24) is 4.31 Å². The van der Waals surface area contributed by atoms with Crippen molar-refractivity contribution in [3.05, 3.63) is 0 Å². The minimum absolute atomic E-state index is 0.0262. The summed E-state index contributed by atoms with van der Waals surface area (Å²) in [6.07, 6.45) is 1.25. The molecule has 0 N–H and O–H groups in total. The fourth-order valence-corrected chi connectivity index (χ4v) is 3.23. The molecule has 0 saturated carbocycles. The predicted molar refractivity (Wildman–Crippen MR) is 52.9 cm³/mol. The highest BCUT2D eigenvalue weighted by Gasteiger charge is 2.38. The molecule has 0 amide bonds. The van der Waals surface area contributed by atoms with Gasteiger partial charge in [-0.25, -0.2) is 8.42 Å². The van der Waals surface area contributed by atoms with Gasteiger partial charge in [-0.3, -0.25) is 0 Å². The van der Waals surface area contributed by atoms with Crippen molar-refractivity contribution in [1.29, 1.82) is 0 Å². The number of hydrogen-bond donors (Lipinski definition) is 1. The van der Waals surface area contributed by atoms with Gasteiger partial charge in [0.1, 0.15) is 0 Å². The molecule has 72 valence electrons. The molecular formula is C7H15NO2S2. The van der Waals surface area contributed by atoms with Gasteiger partial charge >= 0.3 is 0 Å². The first-order valence-corrected chi connectivity index (χ1v) is 6.35. The van der Waals surface area contributed by atoms with Gasteiger partial charge < -0.3 is 0 Å². The maximum absolute atomic E-state index is 11.2. The highest BCUT2D eigenvalue weighted by molar-refractivity contribution is 7.88. The first-order chi connectivity index (χ1) is 5.34. The fourth-order valence-electron chi connectivity index (χ4n) is 1.64. The van der Waals surface area contributed by atoms with Gasteiger partial charge in [-0.2, -0.15) is 16.9 Å². The molecule has 3 atom stereocenters. The average molecular weight is 209 g/mol. The molecule has 3 unspecified atom stereocenters. The zero-order valence-corrected chi connectivity index (χ0v) is 9.27. The Morgan fingerprint density at radius 2 is 1.92 bits per heavy atom. The van der Waals surface area contributed by atoms with E-state index in [2.05, 4.69) is 12.6 Å². The van der Waals surface area contributed by atoms with Gasteiger partial charge in [-0.05, 0) is 12.8 Å². The van der Waals surface area contributed by atoms with Crippen LogP contribution >= 0.6 is 12.6 Å². The van der Waals surface area contributed by atoms with Crippen LogP contribution in [0.15, 0.2) is 0 Å². The van der Waals surface area contributed by atoms with Gasteiger partial charge in [0.25, 0.3) is 0 Å². The van der Waals surface area contributed by atoms with E-state index in [0.717, 1.165) is 0 Å². The minimum atomic E-state index is -3.03. The Labute approximate surface area is 79.6 Å². The zero-order valence-electron chi connectivity index (χ0n) is 7.56. The molecule has 1 heterocycles. The average Bonchev–Trinajstić information content (AvgIpc) is 2.15. The van der Waals surface area contributed by atoms with Crippen LogP contribution in [0, 0.1) is 5.92 Å². The third-order valence-electron chi connectivity index (χ3n) is 2.43.